The normalized spacial score (nSPS) is 13.8. The first kappa shape index (κ1) is 16.7. The van der Waals surface area contributed by atoms with Crippen molar-refractivity contribution in [2.24, 2.45) is 0 Å². The van der Waals surface area contributed by atoms with E-state index in [1.54, 1.807) is 30.0 Å². The first-order valence-corrected chi connectivity index (χ1v) is 8.01. The smallest absolute Gasteiger partial charge is 0.319 e. The van der Waals surface area contributed by atoms with E-state index >= 15 is 0 Å². The summed E-state index contributed by atoms with van der Waals surface area (Å²) in [5.74, 6) is 0.418. The zero-order valence-electron chi connectivity index (χ0n) is 13.8. The Kier molecular flexibility index (Phi) is 5.12. The molecule has 1 aliphatic heterocycles. The Morgan fingerprint density at radius 1 is 1.40 bits per heavy atom. The van der Waals surface area contributed by atoms with Crippen LogP contribution in [0.2, 0.25) is 0 Å². The highest BCUT2D eigenvalue weighted by Gasteiger charge is 2.21. The molecule has 1 fully saturated rings. The number of amides is 3. The van der Waals surface area contributed by atoms with Gasteiger partial charge in [0.25, 0.3) is 5.88 Å². The molecule has 2 N–H and O–H groups in total. The fraction of sp³-hybridized carbons (Fsp3) is 0.375. The van der Waals surface area contributed by atoms with Gasteiger partial charge in [0.2, 0.25) is 5.91 Å². The lowest BCUT2D eigenvalue weighted by molar-refractivity contribution is -0.117. The largest absolute Gasteiger partial charge is 0.472 e. The van der Waals surface area contributed by atoms with Crippen molar-refractivity contribution < 1.29 is 19.0 Å². The van der Waals surface area contributed by atoms with Crippen LogP contribution in [0.1, 0.15) is 18.5 Å². The molecule has 25 heavy (non-hydrogen) atoms. The van der Waals surface area contributed by atoms with Crippen molar-refractivity contribution in [3.05, 3.63) is 30.0 Å². The van der Waals surface area contributed by atoms with Gasteiger partial charge in [0.05, 0.1) is 6.54 Å². The van der Waals surface area contributed by atoms with Crippen LogP contribution in [0.15, 0.2) is 28.9 Å². The number of aryl methyl sites for hydroxylation is 1. The van der Waals surface area contributed by atoms with E-state index in [1.807, 2.05) is 6.07 Å². The molecule has 0 radical (unpaired) electrons. The van der Waals surface area contributed by atoms with Crippen LogP contribution in [-0.2, 0) is 4.79 Å². The van der Waals surface area contributed by atoms with Crippen LogP contribution in [0.3, 0.4) is 0 Å². The van der Waals surface area contributed by atoms with Gasteiger partial charge in [-0.2, -0.15) is 0 Å². The quantitative estimate of drug-likeness (QED) is 0.771. The first-order valence-electron chi connectivity index (χ1n) is 8.01. The summed E-state index contributed by atoms with van der Waals surface area (Å²) >= 11 is 0. The van der Waals surface area contributed by atoms with Crippen LogP contribution in [0.4, 0.5) is 16.2 Å². The van der Waals surface area contributed by atoms with Crippen molar-refractivity contribution in [1.29, 1.82) is 0 Å². The molecule has 2 aromatic rings. The zero-order valence-corrected chi connectivity index (χ0v) is 13.8. The van der Waals surface area contributed by atoms with Crippen LogP contribution in [0.5, 0.6) is 5.88 Å². The predicted molar refractivity (Wildman–Crippen MR) is 89.6 cm³/mol. The average Bonchev–Trinajstić information content (AvgIpc) is 3.20. The van der Waals surface area contributed by atoms with Crippen molar-refractivity contribution in [2.75, 3.05) is 29.9 Å². The number of carbonyl (C=O) groups is 2. The molecule has 2 heterocycles. The Balaban J connectivity index is 1.46. The molecule has 1 saturated heterocycles. The Morgan fingerprint density at radius 2 is 2.28 bits per heavy atom. The molecule has 0 aliphatic carbocycles. The zero-order chi connectivity index (χ0) is 17.6. The molecule has 3 amide bonds. The molecule has 9 nitrogen and oxygen atoms in total. The fourth-order valence-electron chi connectivity index (χ4n) is 2.51. The highest BCUT2D eigenvalue weighted by Crippen LogP contribution is 2.24. The molecule has 9 heteroatoms. The second-order valence-corrected chi connectivity index (χ2v) is 5.58. The number of hydrogen-bond acceptors (Lipinski definition) is 6. The summed E-state index contributed by atoms with van der Waals surface area (Å²) in [5.41, 5.74) is 1.96. The van der Waals surface area contributed by atoms with E-state index < -0.39 is 0 Å². The number of anilines is 2. The summed E-state index contributed by atoms with van der Waals surface area (Å²) in [7, 11) is 0. The second-order valence-electron chi connectivity index (χ2n) is 5.58. The molecule has 0 atom stereocenters. The minimum atomic E-state index is -0.358. The van der Waals surface area contributed by atoms with Crippen molar-refractivity contribution >= 4 is 23.3 Å². The highest BCUT2D eigenvalue weighted by molar-refractivity contribution is 5.96. The van der Waals surface area contributed by atoms with Gasteiger partial charge in [-0.3, -0.25) is 4.79 Å². The maximum absolute atomic E-state index is 11.9. The van der Waals surface area contributed by atoms with Crippen molar-refractivity contribution in [1.82, 2.24) is 15.6 Å². The molecule has 1 aliphatic rings. The standard InChI is InChI=1S/C16H19N5O4/c1-11-15(20-25-19-11)24-9-7-17-16(23)18-12-4-2-5-13(10-12)21-8-3-6-14(21)22/h2,4-5,10H,3,6-9H2,1H3,(H2,17,18,23). The minimum Gasteiger partial charge on any atom is -0.472 e. The molecule has 1 aromatic carbocycles. The topological polar surface area (TPSA) is 110 Å². The third-order valence-electron chi connectivity index (χ3n) is 3.73. The van der Waals surface area contributed by atoms with Gasteiger partial charge in [-0.15, -0.1) is 0 Å². The van der Waals surface area contributed by atoms with E-state index in [4.69, 9.17) is 4.74 Å². The summed E-state index contributed by atoms with van der Waals surface area (Å²) in [4.78, 5) is 25.5. The molecule has 1 aromatic heterocycles. The lowest BCUT2D eigenvalue weighted by Crippen LogP contribution is -2.32. The van der Waals surface area contributed by atoms with Gasteiger partial charge < -0.3 is 20.3 Å². The molecular formula is C16H19N5O4. The van der Waals surface area contributed by atoms with Crippen LogP contribution in [0.25, 0.3) is 0 Å². The molecule has 3 rings (SSSR count). The first-order chi connectivity index (χ1) is 12.1. The maximum atomic E-state index is 11.9. The number of ether oxygens (including phenoxy) is 1. The Hall–Kier alpha value is -3.10. The van der Waals surface area contributed by atoms with E-state index in [-0.39, 0.29) is 18.5 Å². The maximum Gasteiger partial charge on any atom is 0.319 e. The van der Waals surface area contributed by atoms with Crippen molar-refractivity contribution in [3.63, 3.8) is 0 Å². The van der Waals surface area contributed by atoms with Crippen LogP contribution < -0.4 is 20.3 Å². The molecule has 0 unspecified atom stereocenters. The van der Waals surface area contributed by atoms with Gasteiger partial charge in [-0.05, 0) is 36.7 Å². The van der Waals surface area contributed by atoms with Gasteiger partial charge in [0, 0.05) is 24.3 Å². The van der Waals surface area contributed by atoms with Crippen LogP contribution >= 0.6 is 0 Å². The van der Waals surface area contributed by atoms with Gasteiger partial charge in [0.15, 0.2) is 0 Å². The number of nitrogens with one attached hydrogen (secondary N) is 2. The van der Waals surface area contributed by atoms with Gasteiger partial charge >= 0.3 is 6.03 Å². The Labute approximate surface area is 144 Å². The Morgan fingerprint density at radius 3 is 3.00 bits per heavy atom. The lowest BCUT2D eigenvalue weighted by Gasteiger charge is -2.17. The second kappa shape index (κ2) is 7.65. The SMILES string of the molecule is Cc1nonc1OCCNC(=O)Nc1cccc(N2CCCC2=O)c1. The minimum absolute atomic E-state index is 0.108. The van der Waals surface area contributed by atoms with E-state index in [0.29, 0.717) is 36.8 Å². The molecule has 0 saturated carbocycles. The van der Waals surface area contributed by atoms with E-state index in [1.165, 1.54) is 0 Å². The number of benzene rings is 1. The number of urea groups is 1. The summed E-state index contributed by atoms with van der Waals surface area (Å²) in [6, 6.07) is 6.85. The molecular weight excluding hydrogens is 326 g/mol. The highest BCUT2D eigenvalue weighted by atomic mass is 16.6. The number of carbonyl (C=O) groups excluding carboxylic acids is 2. The summed E-state index contributed by atoms with van der Waals surface area (Å²) in [6.07, 6.45) is 1.43. The predicted octanol–water partition coefficient (Wildman–Crippen LogP) is 1.71. The number of hydrogen-bond donors (Lipinski definition) is 2. The average molecular weight is 345 g/mol. The third-order valence-corrected chi connectivity index (χ3v) is 3.73. The summed E-state index contributed by atoms with van der Waals surface area (Å²) < 4.78 is 9.83. The fourth-order valence-corrected chi connectivity index (χ4v) is 2.51. The molecule has 0 spiro atoms. The number of rotatable bonds is 6. The Bertz CT molecular complexity index is 760. The van der Waals surface area contributed by atoms with Gasteiger partial charge in [0.1, 0.15) is 12.3 Å². The number of nitrogens with zero attached hydrogens (tertiary/aromatic N) is 3. The van der Waals surface area contributed by atoms with E-state index in [0.717, 1.165) is 12.1 Å². The van der Waals surface area contributed by atoms with E-state index in [2.05, 4.69) is 25.6 Å². The number of aromatic nitrogens is 2. The van der Waals surface area contributed by atoms with Gasteiger partial charge in [-0.25, -0.2) is 9.42 Å². The van der Waals surface area contributed by atoms with Crippen molar-refractivity contribution in [3.8, 4) is 5.88 Å². The summed E-state index contributed by atoms with van der Waals surface area (Å²) in [5, 5.41) is 12.6. The van der Waals surface area contributed by atoms with Crippen LogP contribution in [-0.4, -0.2) is 41.9 Å². The lowest BCUT2D eigenvalue weighted by atomic mass is 10.2. The molecule has 0 bridgehead atoms. The summed E-state index contributed by atoms with van der Waals surface area (Å²) in [6.45, 7) is 2.96. The molecule has 132 valence electrons. The monoisotopic (exact) mass is 345 g/mol. The van der Waals surface area contributed by atoms with E-state index in [9.17, 15) is 9.59 Å². The van der Waals surface area contributed by atoms with Crippen LogP contribution in [0, 0.1) is 6.92 Å². The van der Waals surface area contributed by atoms with Gasteiger partial charge in [-0.1, -0.05) is 11.2 Å². The third kappa shape index (κ3) is 4.25. The van der Waals surface area contributed by atoms with Crippen molar-refractivity contribution in [2.45, 2.75) is 19.8 Å².